The van der Waals surface area contributed by atoms with Crippen LogP contribution >= 0.6 is 11.3 Å². The smallest absolute Gasteiger partial charge is 0.191 e. The van der Waals surface area contributed by atoms with Crippen LogP contribution in [0.4, 0.5) is 0 Å². The summed E-state index contributed by atoms with van der Waals surface area (Å²) in [5.74, 6) is 2.31. The summed E-state index contributed by atoms with van der Waals surface area (Å²) in [7, 11) is 5.06. The van der Waals surface area contributed by atoms with Gasteiger partial charge in [0.2, 0.25) is 0 Å². The van der Waals surface area contributed by atoms with Gasteiger partial charge in [-0.2, -0.15) is 0 Å². The summed E-state index contributed by atoms with van der Waals surface area (Å²) in [6, 6.07) is 5.75. The standard InChI is InChI=1S/C17H24N4O2S/c1-11-9-19-16(24-11)10-20-17(18-3)21-12(2)14-8-13(22-4)6-7-15(14)23-5/h6-9,12H,10H2,1-5H3,(H2,18,20,21)/t12-/m0/s1. The topological polar surface area (TPSA) is 67.8 Å². The Bertz CT molecular complexity index is 700. The number of rotatable bonds is 6. The average Bonchev–Trinajstić information content (AvgIpc) is 3.03. The molecule has 1 aromatic carbocycles. The van der Waals surface area contributed by atoms with E-state index >= 15 is 0 Å². The van der Waals surface area contributed by atoms with Crippen molar-refractivity contribution < 1.29 is 9.47 Å². The number of hydrogen-bond donors (Lipinski definition) is 2. The Morgan fingerprint density at radius 2 is 2.12 bits per heavy atom. The number of methoxy groups -OCH3 is 2. The first kappa shape index (κ1) is 18.1. The second kappa shape index (κ2) is 8.54. The van der Waals surface area contributed by atoms with E-state index in [4.69, 9.17) is 9.47 Å². The van der Waals surface area contributed by atoms with Crippen LogP contribution < -0.4 is 20.1 Å². The summed E-state index contributed by atoms with van der Waals surface area (Å²) in [4.78, 5) is 9.82. The summed E-state index contributed by atoms with van der Waals surface area (Å²) in [5.41, 5.74) is 1.00. The minimum absolute atomic E-state index is 0.000666. The van der Waals surface area contributed by atoms with E-state index in [1.165, 1.54) is 4.88 Å². The number of guanidine groups is 1. The van der Waals surface area contributed by atoms with Gasteiger partial charge in [-0.25, -0.2) is 4.98 Å². The van der Waals surface area contributed by atoms with Crippen LogP contribution in [0.1, 0.15) is 28.4 Å². The number of nitrogens with zero attached hydrogens (tertiary/aromatic N) is 2. The maximum absolute atomic E-state index is 5.45. The van der Waals surface area contributed by atoms with Crippen molar-refractivity contribution in [2.75, 3.05) is 21.3 Å². The fraction of sp³-hybridized carbons (Fsp3) is 0.412. The van der Waals surface area contributed by atoms with E-state index in [1.807, 2.05) is 31.3 Å². The molecule has 1 aromatic heterocycles. The molecule has 24 heavy (non-hydrogen) atoms. The Morgan fingerprint density at radius 3 is 2.71 bits per heavy atom. The van der Waals surface area contributed by atoms with Gasteiger partial charge in [0, 0.05) is 23.7 Å². The van der Waals surface area contributed by atoms with Crippen LogP contribution in [0.15, 0.2) is 29.4 Å². The van der Waals surface area contributed by atoms with E-state index in [2.05, 4.69) is 27.5 Å². The minimum Gasteiger partial charge on any atom is -0.497 e. The van der Waals surface area contributed by atoms with E-state index in [1.54, 1.807) is 32.6 Å². The number of thiazole rings is 1. The van der Waals surface area contributed by atoms with Gasteiger partial charge in [-0.15, -0.1) is 11.3 Å². The molecule has 1 heterocycles. The van der Waals surface area contributed by atoms with Crippen LogP contribution in [0.5, 0.6) is 11.5 Å². The van der Waals surface area contributed by atoms with Crippen LogP contribution in [0.2, 0.25) is 0 Å². The summed E-state index contributed by atoms with van der Waals surface area (Å²) in [5, 5.41) is 7.68. The highest BCUT2D eigenvalue weighted by molar-refractivity contribution is 7.11. The van der Waals surface area contributed by atoms with E-state index in [0.717, 1.165) is 22.1 Å². The Kier molecular flexibility index (Phi) is 6.43. The molecule has 2 aromatic rings. The maximum Gasteiger partial charge on any atom is 0.191 e. The molecular weight excluding hydrogens is 324 g/mol. The largest absolute Gasteiger partial charge is 0.497 e. The predicted molar refractivity (Wildman–Crippen MR) is 98.1 cm³/mol. The molecule has 0 saturated heterocycles. The third-order valence-corrected chi connectivity index (χ3v) is 4.47. The average molecular weight is 348 g/mol. The Labute approximate surface area is 146 Å². The molecule has 0 bridgehead atoms. The summed E-state index contributed by atoms with van der Waals surface area (Å²) >= 11 is 1.67. The fourth-order valence-corrected chi connectivity index (χ4v) is 3.02. The molecule has 7 heteroatoms. The van der Waals surface area contributed by atoms with Crippen molar-refractivity contribution in [2.45, 2.75) is 26.4 Å². The Morgan fingerprint density at radius 1 is 1.33 bits per heavy atom. The van der Waals surface area contributed by atoms with Crippen molar-refractivity contribution in [1.29, 1.82) is 0 Å². The first-order valence-electron chi connectivity index (χ1n) is 7.67. The normalized spacial score (nSPS) is 12.6. The lowest BCUT2D eigenvalue weighted by atomic mass is 10.1. The molecule has 2 N–H and O–H groups in total. The second-order valence-electron chi connectivity index (χ2n) is 5.26. The van der Waals surface area contributed by atoms with Crippen molar-refractivity contribution in [3.05, 3.63) is 39.8 Å². The van der Waals surface area contributed by atoms with E-state index < -0.39 is 0 Å². The molecule has 0 saturated carbocycles. The monoisotopic (exact) mass is 348 g/mol. The number of nitrogens with one attached hydrogen (secondary N) is 2. The van der Waals surface area contributed by atoms with Crippen molar-refractivity contribution in [1.82, 2.24) is 15.6 Å². The molecule has 0 radical (unpaired) electrons. The van der Waals surface area contributed by atoms with Gasteiger partial charge in [0.05, 0.1) is 26.8 Å². The molecule has 2 rings (SSSR count). The van der Waals surface area contributed by atoms with Crippen LogP contribution in [0, 0.1) is 6.92 Å². The zero-order valence-electron chi connectivity index (χ0n) is 14.7. The van der Waals surface area contributed by atoms with Crippen molar-refractivity contribution in [3.63, 3.8) is 0 Å². The fourth-order valence-electron chi connectivity index (χ4n) is 2.30. The third kappa shape index (κ3) is 4.61. The number of benzene rings is 1. The lowest BCUT2D eigenvalue weighted by Crippen LogP contribution is -2.38. The van der Waals surface area contributed by atoms with Crippen LogP contribution in [-0.2, 0) is 6.54 Å². The third-order valence-electron chi connectivity index (χ3n) is 3.56. The first-order chi connectivity index (χ1) is 11.6. The summed E-state index contributed by atoms with van der Waals surface area (Å²) in [6.07, 6.45) is 1.88. The predicted octanol–water partition coefficient (Wildman–Crippen LogP) is 2.89. The zero-order chi connectivity index (χ0) is 17.5. The van der Waals surface area contributed by atoms with E-state index in [-0.39, 0.29) is 6.04 Å². The minimum atomic E-state index is -0.000666. The quantitative estimate of drug-likeness (QED) is 0.621. The number of aromatic nitrogens is 1. The van der Waals surface area contributed by atoms with E-state index in [0.29, 0.717) is 12.5 Å². The highest BCUT2D eigenvalue weighted by Gasteiger charge is 2.14. The molecular formula is C17H24N4O2S. The molecule has 0 fully saturated rings. The molecule has 0 aliphatic heterocycles. The number of hydrogen-bond acceptors (Lipinski definition) is 5. The highest BCUT2D eigenvalue weighted by Crippen LogP contribution is 2.29. The zero-order valence-corrected chi connectivity index (χ0v) is 15.5. The van der Waals surface area contributed by atoms with E-state index in [9.17, 15) is 0 Å². The first-order valence-corrected chi connectivity index (χ1v) is 8.49. The van der Waals surface area contributed by atoms with Crippen LogP contribution in [0.3, 0.4) is 0 Å². The van der Waals surface area contributed by atoms with Crippen molar-refractivity contribution >= 4 is 17.3 Å². The number of ether oxygens (including phenoxy) is 2. The molecule has 0 aliphatic rings. The van der Waals surface area contributed by atoms with Gasteiger partial charge in [0.25, 0.3) is 0 Å². The molecule has 6 nitrogen and oxygen atoms in total. The SMILES string of the molecule is CN=C(NCc1ncc(C)s1)N[C@@H](C)c1cc(OC)ccc1OC. The van der Waals surface area contributed by atoms with Gasteiger partial charge in [0.1, 0.15) is 16.5 Å². The summed E-state index contributed by atoms with van der Waals surface area (Å²) < 4.78 is 10.8. The maximum atomic E-state index is 5.45. The van der Waals surface area contributed by atoms with Gasteiger partial charge in [-0.1, -0.05) is 0 Å². The molecule has 1 atom stereocenters. The Hall–Kier alpha value is -2.28. The van der Waals surface area contributed by atoms with Gasteiger partial charge in [-0.3, -0.25) is 4.99 Å². The molecule has 0 aliphatic carbocycles. The number of aryl methyl sites for hydroxylation is 1. The lowest BCUT2D eigenvalue weighted by molar-refractivity contribution is 0.394. The highest BCUT2D eigenvalue weighted by atomic mass is 32.1. The molecule has 130 valence electrons. The van der Waals surface area contributed by atoms with Crippen molar-refractivity contribution in [3.8, 4) is 11.5 Å². The lowest BCUT2D eigenvalue weighted by Gasteiger charge is -2.20. The number of aliphatic imine (C=N–C) groups is 1. The summed E-state index contributed by atoms with van der Waals surface area (Å²) in [6.45, 7) is 4.74. The van der Waals surface area contributed by atoms with Gasteiger partial charge in [-0.05, 0) is 32.0 Å². The van der Waals surface area contributed by atoms with Gasteiger partial charge in [0.15, 0.2) is 5.96 Å². The second-order valence-corrected chi connectivity index (χ2v) is 6.58. The van der Waals surface area contributed by atoms with Crippen LogP contribution in [0.25, 0.3) is 0 Å². The molecule has 0 spiro atoms. The molecule has 0 unspecified atom stereocenters. The Balaban J connectivity index is 2.04. The van der Waals surface area contributed by atoms with Crippen molar-refractivity contribution in [2.24, 2.45) is 4.99 Å². The van der Waals surface area contributed by atoms with Crippen LogP contribution in [-0.4, -0.2) is 32.2 Å². The molecule has 0 amide bonds. The van der Waals surface area contributed by atoms with Gasteiger partial charge >= 0.3 is 0 Å². The van der Waals surface area contributed by atoms with Gasteiger partial charge < -0.3 is 20.1 Å².